The molecule has 86 valence electrons. The lowest BCUT2D eigenvalue weighted by molar-refractivity contribution is 0.107. The maximum atomic E-state index is 12.0. The summed E-state index contributed by atoms with van der Waals surface area (Å²) in [5, 5.41) is 2.80. The molecule has 0 aromatic heterocycles. The van der Waals surface area contributed by atoms with Gasteiger partial charge in [-0.05, 0) is 31.1 Å². The highest BCUT2D eigenvalue weighted by molar-refractivity contribution is 5.74. The van der Waals surface area contributed by atoms with E-state index in [-0.39, 0.29) is 12.1 Å². The summed E-state index contributed by atoms with van der Waals surface area (Å²) in [4.78, 5) is 12.5. The number of urea groups is 1. The minimum atomic E-state index is -2.46. The van der Waals surface area contributed by atoms with E-state index >= 15 is 0 Å². The summed E-state index contributed by atoms with van der Waals surface area (Å²) < 4.78 is 24.0. The Bertz CT molecular complexity index is 250. The standard InChI is InChI=1S/C10H16F2N2O/c1-14(5-9(11)12)10(15)13-8-3-6-2-7(6)4-8/h6-9H,2-5H2,1H3,(H,13,15). The third kappa shape index (κ3) is 2.58. The van der Waals surface area contributed by atoms with Gasteiger partial charge in [0.2, 0.25) is 0 Å². The van der Waals surface area contributed by atoms with E-state index in [1.807, 2.05) is 0 Å². The molecule has 1 N–H and O–H groups in total. The maximum Gasteiger partial charge on any atom is 0.317 e. The van der Waals surface area contributed by atoms with Crippen LogP contribution in [-0.4, -0.2) is 37.0 Å². The second-order valence-corrected chi connectivity index (χ2v) is 4.65. The smallest absolute Gasteiger partial charge is 0.317 e. The molecule has 2 fully saturated rings. The molecular formula is C10H16F2N2O. The first-order valence-electron chi connectivity index (χ1n) is 5.36. The van der Waals surface area contributed by atoms with E-state index in [9.17, 15) is 13.6 Å². The van der Waals surface area contributed by atoms with Gasteiger partial charge in [0.1, 0.15) is 0 Å². The molecule has 2 aliphatic carbocycles. The van der Waals surface area contributed by atoms with Gasteiger partial charge in [0, 0.05) is 13.1 Å². The molecule has 0 aromatic carbocycles. The van der Waals surface area contributed by atoms with Gasteiger partial charge in [0.25, 0.3) is 6.43 Å². The van der Waals surface area contributed by atoms with E-state index in [2.05, 4.69) is 5.32 Å². The van der Waals surface area contributed by atoms with Crippen molar-refractivity contribution >= 4 is 6.03 Å². The van der Waals surface area contributed by atoms with Crippen LogP contribution in [0.2, 0.25) is 0 Å². The maximum absolute atomic E-state index is 12.0. The molecule has 0 aromatic rings. The minimum absolute atomic E-state index is 0.210. The summed E-state index contributed by atoms with van der Waals surface area (Å²) in [5.41, 5.74) is 0. The molecule has 2 rings (SSSR count). The van der Waals surface area contributed by atoms with Crippen molar-refractivity contribution in [2.75, 3.05) is 13.6 Å². The summed E-state index contributed by atoms with van der Waals surface area (Å²) in [6.45, 7) is -0.495. The first-order valence-corrected chi connectivity index (χ1v) is 5.36. The molecule has 0 heterocycles. The van der Waals surface area contributed by atoms with Gasteiger partial charge in [-0.3, -0.25) is 0 Å². The van der Waals surface area contributed by atoms with Gasteiger partial charge in [0.05, 0.1) is 6.54 Å². The Morgan fingerprint density at radius 3 is 2.53 bits per heavy atom. The number of amides is 2. The van der Waals surface area contributed by atoms with Crippen LogP contribution in [0.1, 0.15) is 19.3 Å². The Morgan fingerprint density at radius 1 is 1.40 bits per heavy atom. The number of hydrogen-bond acceptors (Lipinski definition) is 1. The van der Waals surface area contributed by atoms with E-state index in [1.165, 1.54) is 13.5 Å². The summed E-state index contributed by atoms with van der Waals surface area (Å²) in [6.07, 6.45) is 0.884. The number of carbonyl (C=O) groups is 1. The molecule has 2 amide bonds. The van der Waals surface area contributed by atoms with Gasteiger partial charge in [-0.2, -0.15) is 0 Å². The Balaban J connectivity index is 1.71. The lowest BCUT2D eigenvalue weighted by Gasteiger charge is -2.21. The number of halogens is 2. The number of carbonyl (C=O) groups excluding carboxylic acids is 1. The zero-order chi connectivity index (χ0) is 11.0. The topological polar surface area (TPSA) is 32.3 Å². The van der Waals surface area contributed by atoms with Gasteiger partial charge < -0.3 is 10.2 Å². The van der Waals surface area contributed by atoms with Gasteiger partial charge in [-0.25, -0.2) is 13.6 Å². The Hall–Kier alpha value is -0.870. The number of nitrogens with one attached hydrogen (secondary N) is 1. The Kier molecular flexibility index (Phi) is 2.80. The molecule has 3 nitrogen and oxygen atoms in total. The van der Waals surface area contributed by atoms with E-state index in [0.717, 1.165) is 29.6 Å². The van der Waals surface area contributed by atoms with Crippen LogP contribution in [0.3, 0.4) is 0 Å². The van der Waals surface area contributed by atoms with Crippen LogP contribution in [0.5, 0.6) is 0 Å². The summed E-state index contributed by atoms with van der Waals surface area (Å²) in [7, 11) is 1.40. The van der Waals surface area contributed by atoms with Gasteiger partial charge in [0.15, 0.2) is 0 Å². The molecular weight excluding hydrogens is 202 g/mol. The zero-order valence-corrected chi connectivity index (χ0v) is 8.75. The predicted molar refractivity (Wildman–Crippen MR) is 51.8 cm³/mol. The minimum Gasteiger partial charge on any atom is -0.335 e. The van der Waals surface area contributed by atoms with Crippen molar-refractivity contribution in [1.82, 2.24) is 10.2 Å². The predicted octanol–water partition coefficient (Wildman–Crippen LogP) is 1.69. The number of hydrogen-bond donors (Lipinski definition) is 1. The first kappa shape index (κ1) is 10.6. The third-order valence-corrected chi connectivity index (χ3v) is 3.33. The number of rotatable bonds is 3. The number of alkyl halides is 2. The van der Waals surface area contributed by atoms with Crippen molar-refractivity contribution in [1.29, 1.82) is 0 Å². The van der Waals surface area contributed by atoms with Crippen molar-refractivity contribution in [2.45, 2.75) is 31.7 Å². The van der Waals surface area contributed by atoms with Crippen LogP contribution in [0, 0.1) is 11.8 Å². The molecule has 0 aliphatic heterocycles. The number of nitrogens with zero attached hydrogens (tertiary/aromatic N) is 1. The molecule has 2 atom stereocenters. The second-order valence-electron chi connectivity index (χ2n) is 4.65. The van der Waals surface area contributed by atoms with Crippen LogP contribution in [-0.2, 0) is 0 Å². The third-order valence-electron chi connectivity index (χ3n) is 3.33. The van der Waals surface area contributed by atoms with E-state index in [1.54, 1.807) is 0 Å². The van der Waals surface area contributed by atoms with Gasteiger partial charge in [-0.1, -0.05) is 0 Å². The summed E-state index contributed by atoms with van der Waals surface area (Å²) in [6, 6.07) is -0.164. The van der Waals surface area contributed by atoms with E-state index in [4.69, 9.17) is 0 Å². The largest absolute Gasteiger partial charge is 0.335 e. The van der Waals surface area contributed by atoms with E-state index < -0.39 is 13.0 Å². The van der Waals surface area contributed by atoms with Crippen molar-refractivity contribution < 1.29 is 13.6 Å². The fraction of sp³-hybridized carbons (Fsp3) is 0.900. The molecule has 0 bridgehead atoms. The van der Waals surface area contributed by atoms with Crippen LogP contribution < -0.4 is 5.32 Å². The second kappa shape index (κ2) is 3.94. The summed E-state index contributed by atoms with van der Waals surface area (Å²) >= 11 is 0. The highest BCUT2D eigenvalue weighted by Crippen LogP contribution is 2.51. The molecule has 0 spiro atoms. The lowest BCUT2D eigenvalue weighted by atomic mass is 10.2. The molecule has 0 radical (unpaired) electrons. The fourth-order valence-corrected chi connectivity index (χ4v) is 2.41. The first-order chi connectivity index (χ1) is 7.06. The highest BCUT2D eigenvalue weighted by Gasteiger charge is 2.46. The van der Waals surface area contributed by atoms with Crippen LogP contribution in [0.15, 0.2) is 0 Å². The van der Waals surface area contributed by atoms with Gasteiger partial charge >= 0.3 is 6.03 Å². The van der Waals surface area contributed by atoms with Crippen LogP contribution in [0.4, 0.5) is 13.6 Å². The zero-order valence-electron chi connectivity index (χ0n) is 8.75. The number of fused-ring (bicyclic) bond motifs is 1. The summed E-state index contributed by atoms with van der Waals surface area (Å²) in [5.74, 6) is 1.58. The fourth-order valence-electron chi connectivity index (χ4n) is 2.41. The Morgan fingerprint density at radius 2 is 2.00 bits per heavy atom. The van der Waals surface area contributed by atoms with Crippen LogP contribution in [0.25, 0.3) is 0 Å². The lowest BCUT2D eigenvalue weighted by Crippen LogP contribution is -2.44. The molecule has 2 aliphatic rings. The van der Waals surface area contributed by atoms with Crippen LogP contribution >= 0.6 is 0 Å². The van der Waals surface area contributed by atoms with Crippen molar-refractivity contribution in [3.8, 4) is 0 Å². The highest BCUT2D eigenvalue weighted by atomic mass is 19.3. The molecule has 15 heavy (non-hydrogen) atoms. The quantitative estimate of drug-likeness (QED) is 0.768. The molecule has 2 saturated carbocycles. The van der Waals surface area contributed by atoms with Crippen molar-refractivity contribution in [3.05, 3.63) is 0 Å². The Labute approximate surface area is 87.8 Å². The molecule has 5 heteroatoms. The average molecular weight is 218 g/mol. The SMILES string of the molecule is CN(CC(F)F)C(=O)NC1CC2CC2C1. The monoisotopic (exact) mass is 218 g/mol. The normalized spacial score (nSPS) is 32.7. The molecule has 2 unspecified atom stereocenters. The van der Waals surface area contributed by atoms with E-state index in [0.29, 0.717) is 0 Å². The van der Waals surface area contributed by atoms with Gasteiger partial charge in [-0.15, -0.1) is 0 Å². The van der Waals surface area contributed by atoms with Crippen molar-refractivity contribution in [3.63, 3.8) is 0 Å². The average Bonchev–Trinajstić information content (AvgIpc) is 2.73. The molecule has 0 saturated heterocycles. The van der Waals surface area contributed by atoms with Crippen molar-refractivity contribution in [2.24, 2.45) is 11.8 Å².